The van der Waals surface area contributed by atoms with Crippen molar-refractivity contribution >= 4 is 22.0 Å². The molecule has 0 saturated heterocycles. The van der Waals surface area contributed by atoms with Gasteiger partial charge in [-0.25, -0.2) is 18.3 Å². The summed E-state index contributed by atoms with van der Waals surface area (Å²) >= 11 is 0. The molecular formula is C20H32N2O6S. The fraction of sp³-hybridized carbons (Fsp3) is 0.600. The molecule has 1 aromatic rings. The van der Waals surface area contributed by atoms with Gasteiger partial charge in [-0.2, -0.15) is 4.31 Å². The maximum atomic E-state index is 13.4. The maximum absolute atomic E-state index is 13.4. The number of nitrogens with zero attached hydrogens (tertiary/aromatic N) is 2. The van der Waals surface area contributed by atoms with Crippen LogP contribution in [0.1, 0.15) is 46.6 Å². The highest BCUT2D eigenvalue weighted by molar-refractivity contribution is 7.89. The Morgan fingerprint density at radius 3 is 2.03 bits per heavy atom. The molecule has 1 atom stereocenters. The van der Waals surface area contributed by atoms with Crippen molar-refractivity contribution in [1.29, 1.82) is 0 Å². The summed E-state index contributed by atoms with van der Waals surface area (Å²) < 4.78 is 32.7. The summed E-state index contributed by atoms with van der Waals surface area (Å²) in [6, 6.07) is 4.74. The quantitative estimate of drug-likeness (QED) is 0.618. The van der Waals surface area contributed by atoms with E-state index in [4.69, 9.17) is 9.57 Å². The number of hydroxylamine groups is 2. The predicted octanol–water partition coefficient (Wildman–Crippen LogP) is 3.36. The molecule has 0 aliphatic heterocycles. The summed E-state index contributed by atoms with van der Waals surface area (Å²) in [5.74, 6) is -0.741. The summed E-state index contributed by atoms with van der Waals surface area (Å²) in [4.78, 5) is 30.8. The van der Waals surface area contributed by atoms with Gasteiger partial charge in [-0.3, -0.25) is 9.63 Å². The highest BCUT2D eigenvalue weighted by atomic mass is 32.2. The molecule has 0 aliphatic rings. The number of carbonyl (C=O) groups excluding carboxylic acids is 2. The van der Waals surface area contributed by atoms with Crippen LogP contribution in [0.5, 0.6) is 0 Å². The van der Waals surface area contributed by atoms with Gasteiger partial charge in [0.1, 0.15) is 11.6 Å². The molecular weight excluding hydrogens is 396 g/mol. The first-order valence-corrected chi connectivity index (χ1v) is 10.8. The van der Waals surface area contributed by atoms with E-state index in [0.29, 0.717) is 4.31 Å². The molecule has 29 heavy (non-hydrogen) atoms. The first kappa shape index (κ1) is 24.9. The highest BCUT2D eigenvalue weighted by Crippen LogP contribution is 2.26. The molecule has 1 aromatic carbocycles. The van der Waals surface area contributed by atoms with Gasteiger partial charge in [0.25, 0.3) is 15.9 Å². The van der Waals surface area contributed by atoms with Crippen molar-refractivity contribution in [3.8, 4) is 0 Å². The zero-order valence-electron chi connectivity index (χ0n) is 18.4. The first-order chi connectivity index (χ1) is 13.2. The van der Waals surface area contributed by atoms with Gasteiger partial charge in [0.2, 0.25) is 0 Å². The van der Waals surface area contributed by atoms with E-state index in [-0.39, 0.29) is 17.2 Å². The lowest BCUT2D eigenvalue weighted by Crippen LogP contribution is -2.54. The van der Waals surface area contributed by atoms with Crippen molar-refractivity contribution in [1.82, 2.24) is 9.37 Å². The maximum Gasteiger partial charge on any atom is 0.425 e. The Bertz CT molecular complexity index is 812. The molecule has 0 aromatic heterocycles. The van der Waals surface area contributed by atoms with E-state index in [0.717, 1.165) is 10.6 Å². The Hall–Kier alpha value is -2.13. The normalized spacial score (nSPS) is 13.1. The number of ether oxygens (including phenoxy) is 1. The second-order valence-electron chi connectivity index (χ2n) is 8.26. The monoisotopic (exact) mass is 428 g/mol. The van der Waals surface area contributed by atoms with Gasteiger partial charge >= 0.3 is 6.09 Å². The molecule has 0 heterocycles. The average Bonchev–Trinajstić information content (AvgIpc) is 2.58. The van der Waals surface area contributed by atoms with E-state index in [1.807, 2.05) is 20.8 Å². The second-order valence-corrected chi connectivity index (χ2v) is 10.1. The van der Waals surface area contributed by atoms with Gasteiger partial charge in [0.15, 0.2) is 0 Å². The molecule has 9 heteroatoms. The molecule has 0 saturated carbocycles. The summed E-state index contributed by atoms with van der Waals surface area (Å²) in [5, 5.41) is 0.912. The number of amides is 2. The van der Waals surface area contributed by atoms with Crippen molar-refractivity contribution in [3.63, 3.8) is 0 Å². The minimum absolute atomic E-state index is 0.0765. The summed E-state index contributed by atoms with van der Waals surface area (Å²) in [6.07, 6.45) is -1.00. The Labute approximate surface area is 173 Å². The first-order valence-electron chi connectivity index (χ1n) is 9.36. The number of sulfonamides is 1. The van der Waals surface area contributed by atoms with E-state index in [1.54, 1.807) is 32.9 Å². The van der Waals surface area contributed by atoms with Crippen LogP contribution >= 0.6 is 0 Å². The number of hydrogen-bond acceptors (Lipinski definition) is 6. The van der Waals surface area contributed by atoms with Gasteiger partial charge in [-0.05, 0) is 52.2 Å². The van der Waals surface area contributed by atoms with Crippen molar-refractivity contribution in [2.24, 2.45) is 5.92 Å². The molecule has 164 valence electrons. The number of likely N-dealkylation sites (N-methyl/N-ethyl adjacent to an activating group) is 1. The summed E-state index contributed by atoms with van der Waals surface area (Å²) in [6.45, 7) is 10.4. The van der Waals surface area contributed by atoms with Crippen LogP contribution in [0.15, 0.2) is 29.2 Å². The topological polar surface area (TPSA) is 93.2 Å². The lowest BCUT2D eigenvalue weighted by Gasteiger charge is -2.34. The molecule has 2 amide bonds. The van der Waals surface area contributed by atoms with Crippen molar-refractivity contribution in [2.45, 2.75) is 64.5 Å². The lowest BCUT2D eigenvalue weighted by atomic mass is 10.0. The van der Waals surface area contributed by atoms with Crippen molar-refractivity contribution in [3.05, 3.63) is 29.8 Å². The van der Waals surface area contributed by atoms with Crippen LogP contribution in [0, 0.1) is 12.8 Å². The molecule has 0 aliphatic carbocycles. The number of carbonyl (C=O) groups is 2. The fourth-order valence-corrected chi connectivity index (χ4v) is 4.02. The smallest absolute Gasteiger partial charge is 0.425 e. The zero-order chi connectivity index (χ0) is 22.6. The lowest BCUT2D eigenvalue weighted by molar-refractivity contribution is -0.173. The highest BCUT2D eigenvalue weighted by Gasteiger charge is 2.43. The summed E-state index contributed by atoms with van der Waals surface area (Å²) in [5.41, 5.74) is -0.0850. The Kier molecular flexibility index (Phi) is 8.23. The number of aryl methyl sites for hydroxylation is 1. The number of hydrogen-bond donors (Lipinski definition) is 0. The van der Waals surface area contributed by atoms with Gasteiger partial charge in [0.05, 0.1) is 12.0 Å². The third-order valence-electron chi connectivity index (χ3n) is 4.00. The van der Waals surface area contributed by atoms with Crippen molar-refractivity contribution in [2.75, 3.05) is 14.2 Å². The van der Waals surface area contributed by atoms with E-state index < -0.39 is 33.7 Å². The molecule has 0 fully saturated rings. The Balaban J connectivity index is 3.61. The third-order valence-corrected chi connectivity index (χ3v) is 5.79. The standard InChI is InChI=1S/C20H32N2O6S/c1-14(2)13-17(18(23)21(7)27-8)22(19(24)28-20(4,5)6)29(25,26)16-11-9-15(3)10-12-16/h9-12,14,17H,13H2,1-8H3/t17-/m1/s1. The van der Waals surface area contributed by atoms with E-state index in [1.165, 1.54) is 26.3 Å². The molecule has 0 spiro atoms. The Morgan fingerprint density at radius 1 is 1.10 bits per heavy atom. The second kappa shape index (κ2) is 9.58. The molecule has 0 bridgehead atoms. The van der Waals surface area contributed by atoms with Crippen LogP contribution in [0.25, 0.3) is 0 Å². The zero-order valence-corrected chi connectivity index (χ0v) is 19.2. The molecule has 8 nitrogen and oxygen atoms in total. The van der Waals surface area contributed by atoms with Gasteiger partial charge < -0.3 is 4.74 Å². The van der Waals surface area contributed by atoms with Crippen LogP contribution in [0.3, 0.4) is 0 Å². The van der Waals surface area contributed by atoms with Crippen LogP contribution in [-0.2, 0) is 24.4 Å². The third kappa shape index (κ3) is 6.71. The Morgan fingerprint density at radius 2 is 1.62 bits per heavy atom. The van der Waals surface area contributed by atoms with E-state index in [2.05, 4.69) is 0 Å². The number of benzene rings is 1. The van der Waals surface area contributed by atoms with Crippen LogP contribution in [0.4, 0.5) is 4.79 Å². The van der Waals surface area contributed by atoms with Crippen LogP contribution in [0.2, 0.25) is 0 Å². The molecule has 1 rings (SSSR count). The van der Waals surface area contributed by atoms with Gasteiger partial charge in [-0.15, -0.1) is 0 Å². The minimum Gasteiger partial charge on any atom is -0.443 e. The summed E-state index contributed by atoms with van der Waals surface area (Å²) in [7, 11) is -1.71. The van der Waals surface area contributed by atoms with Crippen LogP contribution in [-0.4, -0.2) is 55.6 Å². The fourth-order valence-electron chi connectivity index (χ4n) is 2.57. The van der Waals surface area contributed by atoms with Gasteiger partial charge in [-0.1, -0.05) is 31.5 Å². The van der Waals surface area contributed by atoms with Crippen LogP contribution < -0.4 is 0 Å². The van der Waals surface area contributed by atoms with E-state index >= 15 is 0 Å². The average molecular weight is 429 g/mol. The molecule has 0 radical (unpaired) electrons. The SMILES string of the molecule is CON(C)C(=O)[C@@H](CC(C)C)N(C(=O)OC(C)(C)C)S(=O)(=O)c1ccc(C)cc1. The molecule has 0 unspecified atom stereocenters. The predicted molar refractivity (Wildman–Crippen MR) is 109 cm³/mol. The molecule has 0 N–H and O–H groups in total. The van der Waals surface area contributed by atoms with Gasteiger partial charge in [0, 0.05) is 7.05 Å². The largest absolute Gasteiger partial charge is 0.443 e. The van der Waals surface area contributed by atoms with Crippen molar-refractivity contribution < 1.29 is 27.6 Å². The number of rotatable bonds is 7. The minimum atomic E-state index is -4.37. The van der Waals surface area contributed by atoms with E-state index in [9.17, 15) is 18.0 Å².